The summed E-state index contributed by atoms with van der Waals surface area (Å²) in [5.74, 6) is -0.242. The van der Waals surface area contributed by atoms with Crippen molar-refractivity contribution in [3.8, 4) is 0 Å². The molecule has 1 aromatic rings. The van der Waals surface area contributed by atoms with Gasteiger partial charge in [0.05, 0.1) is 21.9 Å². The molecular weight excluding hydrogens is 183 g/mol. The molecule has 0 bridgehead atoms. The maximum absolute atomic E-state index is 12.6. The molecule has 11 heavy (non-hydrogen) atoms. The predicted octanol–water partition coefficient (Wildman–Crippen LogP) is 2.93. The van der Waals surface area contributed by atoms with Crippen molar-refractivity contribution in [1.29, 1.82) is 0 Å². The van der Waals surface area contributed by atoms with Crippen molar-refractivity contribution in [1.82, 2.24) is 0 Å². The Balaban J connectivity index is 2.60. The van der Waals surface area contributed by atoms with E-state index in [4.69, 9.17) is 0 Å². The van der Waals surface area contributed by atoms with E-state index in [-0.39, 0.29) is 5.82 Å². The molecule has 0 atom stereocenters. The van der Waals surface area contributed by atoms with Crippen LogP contribution < -0.4 is 0 Å². The Morgan fingerprint density at radius 2 is 2.27 bits per heavy atom. The topological polar surface area (TPSA) is 24.7 Å². The van der Waals surface area contributed by atoms with Gasteiger partial charge in [0.15, 0.2) is 0 Å². The number of hydrogen-bond acceptors (Lipinski definition) is 3. The Hall–Kier alpha value is -0.680. The minimum Gasteiger partial charge on any atom is -0.207 e. The fourth-order valence-electron chi connectivity index (χ4n) is 0.754. The second-order valence-corrected chi connectivity index (χ2v) is 3.52. The van der Waals surface area contributed by atoms with Gasteiger partial charge in [-0.3, -0.25) is 0 Å². The van der Waals surface area contributed by atoms with Gasteiger partial charge in [0.25, 0.3) is 0 Å². The average Bonchev–Trinajstić information content (AvgIpc) is 2.04. The highest BCUT2D eigenvalue weighted by molar-refractivity contribution is 8.01. The lowest BCUT2D eigenvalue weighted by Crippen LogP contribution is -1.77. The highest BCUT2D eigenvalue weighted by Crippen LogP contribution is 2.33. The lowest BCUT2D eigenvalue weighted by Gasteiger charge is -2.01. The average molecular weight is 186 g/mol. The molecule has 0 spiro atoms. The van der Waals surface area contributed by atoms with Gasteiger partial charge in [0, 0.05) is 11.9 Å². The van der Waals surface area contributed by atoms with E-state index in [9.17, 15) is 4.39 Å². The van der Waals surface area contributed by atoms with Crippen molar-refractivity contribution in [2.24, 2.45) is 8.13 Å². The van der Waals surface area contributed by atoms with Gasteiger partial charge in [0.2, 0.25) is 0 Å². The molecule has 0 radical (unpaired) electrons. The molecule has 0 aliphatic carbocycles. The van der Waals surface area contributed by atoms with Gasteiger partial charge in [0.1, 0.15) is 5.82 Å². The van der Waals surface area contributed by atoms with Gasteiger partial charge in [-0.05, 0) is 18.2 Å². The Kier molecular flexibility index (Phi) is 1.75. The first-order chi connectivity index (χ1) is 5.36. The van der Waals surface area contributed by atoms with Gasteiger partial charge in [-0.15, -0.1) is 3.77 Å². The molecule has 1 aliphatic heterocycles. The SMILES string of the molecule is Fc1ccc2c(c1)SN=S=N2. The highest BCUT2D eigenvalue weighted by atomic mass is 32.2. The van der Waals surface area contributed by atoms with Crippen LogP contribution in [0.4, 0.5) is 10.1 Å². The van der Waals surface area contributed by atoms with Gasteiger partial charge < -0.3 is 0 Å². The van der Waals surface area contributed by atoms with Crippen molar-refractivity contribution in [3.63, 3.8) is 0 Å². The number of fused-ring (bicyclic) bond motifs is 1. The molecule has 0 fully saturated rings. The van der Waals surface area contributed by atoms with E-state index >= 15 is 0 Å². The van der Waals surface area contributed by atoms with E-state index < -0.39 is 0 Å². The summed E-state index contributed by atoms with van der Waals surface area (Å²) in [4.78, 5) is 0.781. The zero-order valence-electron chi connectivity index (χ0n) is 5.32. The van der Waals surface area contributed by atoms with E-state index in [1.807, 2.05) is 0 Å². The number of hydrogen-bond donors (Lipinski definition) is 0. The summed E-state index contributed by atoms with van der Waals surface area (Å²) in [6.45, 7) is 0. The fourth-order valence-corrected chi connectivity index (χ4v) is 2.02. The second-order valence-electron chi connectivity index (χ2n) is 1.95. The smallest absolute Gasteiger partial charge is 0.124 e. The van der Waals surface area contributed by atoms with Crippen LogP contribution in [0.1, 0.15) is 0 Å². The standard InChI is InChI=1S/C6H3FN2S2/c7-4-1-2-5-6(3-4)10-9-11-8-5/h1-3H. The number of benzene rings is 1. The lowest BCUT2D eigenvalue weighted by molar-refractivity contribution is 0.624. The molecular formula is C6H3FN2S2. The minimum absolute atomic E-state index is 0.242. The largest absolute Gasteiger partial charge is 0.207 e. The zero-order chi connectivity index (χ0) is 7.68. The van der Waals surface area contributed by atoms with Crippen LogP contribution in [0, 0.1) is 5.82 Å². The summed E-state index contributed by atoms with van der Waals surface area (Å²) in [7, 11) is 0. The normalized spacial score (nSPS) is 13.9. The molecule has 5 heteroatoms. The Bertz CT molecular complexity index is 358. The van der Waals surface area contributed by atoms with Crippen molar-refractivity contribution in [2.45, 2.75) is 4.90 Å². The molecule has 0 N–H and O–H groups in total. The van der Waals surface area contributed by atoms with Crippen LogP contribution in [0.15, 0.2) is 31.2 Å². The number of nitrogens with zero attached hydrogens (tertiary/aromatic N) is 2. The summed E-state index contributed by atoms with van der Waals surface area (Å²) < 4.78 is 20.4. The molecule has 1 aromatic carbocycles. The Morgan fingerprint density at radius 1 is 1.36 bits per heavy atom. The van der Waals surface area contributed by atoms with Crippen LogP contribution in [0.2, 0.25) is 0 Å². The van der Waals surface area contributed by atoms with Crippen LogP contribution in [-0.2, 0) is 11.4 Å². The van der Waals surface area contributed by atoms with Gasteiger partial charge >= 0.3 is 0 Å². The van der Waals surface area contributed by atoms with Crippen molar-refractivity contribution < 1.29 is 4.39 Å². The van der Waals surface area contributed by atoms with E-state index in [1.165, 1.54) is 24.1 Å². The summed E-state index contributed by atoms with van der Waals surface area (Å²) in [6.07, 6.45) is 0. The third-order valence-electron chi connectivity index (χ3n) is 1.23. The van der Waals surface area contributed by atoms with E-state index in [2.05, 4.69) is 8.13 Å². The molecule has 0 saturated heterocycles. The number of halogens is 1. The quantitative estimate of drug-likeness (QED) is 0.572. The number of rotatable bonds is 0. The molecule has 56 valence electrons. The first-order valence-electron chi connectivity index (χ1n) is 2.90. The highest BCUT2D eigenvalue weighted by Gasteiger charge is 2.05. The molecule has 0 amide bonds. The summed E-state index contributed by atoms with van der Waals surface area (Å²) in [5.41, 5.74) is 0.802. The van der Waals surface area contributed by atoms with Crippen molar-refractivity contribution >= 4 is 29.0 Å². The van der Waals surface area contributed by atoms with Crippen molar-refractivity contribution in [3.05, 3.63) is 24.0 Å². The van der Waals surface area contributed by atoms with Gasteiger partial charge in [-0.1, -0.05) is 0 Å². The first-order valence-corrected chi connectivity index (χ1v) is 4.41. The predicted molar refractivity (Wildman–Crippen MR) is 44.1 cm³/mol. The third kappa shape index (κ3) is 1.34. The Labute approximate surface area is 70.8 Å². The molecule has 2 nitrogen and oxygen atoms in total. The van der Waals surface area contributed by atoms with Crippen LogP contribution >= 0.6 is 11.9 Å². The van der Waals surface area contributed by atoms with E-state index in [0.29, 0.717) is 0 Å². The van der Waals surface area contributed by atoms with Crippen LogP contribution in [-0.4, -0.2) is 0 Å². The third-order valence-corrected chi connectivity index (χ3v) is 2.60. The van der Waals surface area contributed by atoms with E-state index in [1.54, 1.807) is 6.07 Å². The molecule has 0 unspecified atom stereocenters. The zero-order valence-corrected chi connectivity index (χ0v) is 6.95. The van der Waals surface area contributed by atoms with Crippen molar-refractivity contribution in [2.75, 3.05) is 0 Å². The second kappa shape index (κ2) is 2.75. The molecule has 0 aromatic heterocycles. The molecule has 2 rings (SSSR count). The fraction of sp³-hybridized carbons (Fsp3) is 0. The first kappa shape index (κ1) is 7.00. The van der Waals surface area contributed by atoms with Gasteiger partial charge in [-0.25, -0.2) is 4.39 Å². The lowest BCUT2D eigenvalue weighted by atomic mass is 10.3. The minimum atomic E-state index is -0.242. The monoisotopic (exact) mass is 186 g/mol. The molecule has 0 saturated carbocycles. The summed E-state index contributed by atoms with van der Waals surface area (Å²) >= 11 is 2.39. The van der Waals surface area contributed by atoms with Crippen LogP contribution in [0.5, 0.6) is 0 Å². The van der Waals surface area contributed by atoms with Gasteiger partial charge in [-0.2, -0.15) is 4.36 Å². The summed E-state index contributed by atoms with van der Waals surface area (Å²) in [6, 6.07) is 4.49. The maximum atomic E-state index is 12.6. The molecule has 1 heterocycles. The Morgan fingerprint density at radius 3 is 3.18 bits per heavy atom. The molecule has 1 aliphatic rings. The van der Waals surface area contributed by atoms with Crippen LogP contribution in [0.3, 0.4) is 0 Å². The summed E-state index contributed by atoms with van der Waals surface area (Å²) in [5, 5.41) is 0. The van der Waals surface area contributed by atoms with E-state index in [0.717, 1.165) is 21.9 Å². The van der Waals surface area contributed by atoms with Crippen LogP contribution in [0.25, 0.3) is 0 Å². The maximum Gasteiger partial charge on any atom is 0.124 e.